The molecule has 0 saturated carbocycles. The minimum absolute atomic E-state index is 0.0271. The van der Waals surface area contributed by atoms with Gasteiger partial charge in [-0.15, -0.1) is 0 Å². The third-order valence-electron chi connectivity index (χ3n) is 4.38. The maximum atomic E-state index is 12.8. The predicted octanol–water partition coefficient (Wildman–Crippen LogP) is 3.26. The lowest BCUT2D eigenvalue weighted by Crippen LogP contribution is -2.33. The normalized spacial score (nSPS) is 12.4. The van der Waals surface area contributed by atoms with Gasteiger partial charge in [0.15, 0.2) is 0 Å². The van der Waals surface area contributed by atoms with Gasteiger partial charge in [-0.2, -0.15) is 0 Å². The molecule has 5 heteroatoms. The Kier molecular flexibility index (Phi) is 6.26. The SMILES string of the molecule is CCCn1c(C)c(C(=O)NC(C)CCCO)c2cc(OC)ccc21. The average molecular weight is 332 g/mol. The molecule has 1 aromatic heterocycles. The minimum atomic E-state index is -0.0638. The van der Waals surface area contributed by atoms with Crippen LogP contribution in [0.2, 0.25) is 0 Å². The molecular formula is C19H28N2O3. The summed E-state index contributed by atoms with van der Waals surface area (Å²) in [5.41, 5.74) is 2.75. The molecule has 0 aliphatic rings. The molecule has 1 aromatic carbocycles. The number of amides is 1. The van der Waals surface area contributed by atoms with Gasteiger partial charge in [-0.25, -0.2) is 0 Å². The zero-order valence-corrected chi connectivity index (χ0v) is 15.1. The molecule has 0 radical (unpaired) electrons. The summed E-state index contributed by atoms with van der Waals surface area (Å²) in [6, 6.07) is 5.91. The van der Waals surface area contributed by atoms with Gasteiger partial charge in [0, 0.05) is 35.8 Å². The van der Waals surface area contributed by atoms with Crippen LogP contribution in [0.15, 0.2) is 18.2 Å². The molecule has 0 bridgehead atoms. The molecule has 0 aliphatic heterocycles. The van der Waals surface area contributed by atoms with E-state index in [1.165, 1.54) is 0 Å². The molecule has 1 unspecified atom stereocenters. The number of benzene rings is 1. The van der Waals surface area contributed by atoms with Crippen molar-refractivity contribution in [1.82, 2.24) is 9.88 Å². The highest BCUT2D eigenvalue weighted by atomic mass is 16.5. The second kappa shape index (κ2) is 8.20. The topological polar surface area (TPSA) is 63.5 Å². The Hall–Kier alpha value is -2.01. The number of nitrogens with zero attached hydrogens (tertiary/aromatic N) is 1. The number of hydrogen-bond donors (Lipinski definition) is 2. The van der Waals surface area contributed by atoms with E-state index in [0.29, 0.717) is 12.0 Å². The number of aliphatic hydroxyl groups excluding tert-OH is 1. The molecule has 1 atom stereocenters. The summed E-state index contributed by atoms with van der Waals surface area (Å²) in [7, 11) is 1.63. The van der Waals surface area contributed by atoms with Crippen LogP contribution in [-0.2, 0) is 6.54 Å². The van der Waals surface area contributed by atoms with E-state index < -0.39 is 0 Å². The second-order valence-corrected chi connectivity index (χ2v) is 6.24. The standard InChI is InChI=1S/C19H28N2O3/c1-5-10-21-14(3)18(19(23)20-13(2)7-6-11-22)16-12-15(24-4)8-9-17(16)21/h8-9,12-13,22H,5-7,10-11H2,1-4H3,(H,20,23). The quantitative estimate of drug-likeness (QED) is 0.780. The number of fused-ring (bicyclic) bond motifs is 1. The molecule has 2 rings (SSSR count). The number of aromatic nitrogens is 1. The smallest absolute Gasteiger partial charge is 0.253 e. The zero-order valence-electron chi connectivity index (χ0n) is 15.1. The van der Waals surface area contributed by atoms with Crippen LogP contribution in [0, 0.1) is 6.92 Å². The van der Waals surface area contributed by atoms with Gasteiger partial charge in [0.25, 0.3) is 5.91 Å². The van der Waals surface area contributed by atoms with Crippen LogP contribution in [0.4, 0.5) is 0 Å². The van der Waals surface area contributed by atoms with Crippen LogP contribution in [0.25, 0.3) is 10.9 Å². The number of nitrogens with one attached hydrogen (secondary N) is 1. The Balaban J connectivity index is 2.43. The van der Waals surface area contributed by atoms with Gasteiger partial charge in [-0.05, 0) is 51.3 Å². The Labute approximate surface area is 143 Å². The number of rotatable bonds is 8. The van der Waals surface area contributed by atoms with Gasteiger partial charge < -0.3 is 19.7 Å². The highest BCUT2D eigenvalue weighted by Crippen LogP contribution is 2.29. The Morgan fingerprint density at radius 2 is 2.17 bits per heavy atom. The van der Waals surface area contributed by atoms with Crippen molar-refractivity contribution in [3.05, 3.63) is 29.5 Å². The molecule has 132 valence electrons. The van der Waals surface area contributed by atoms with Crippen LogP contribution in [-0.4, -0.2) is 35.3 Å². The molecule has 5 nitrogen and oxygen atoms in total. The lowest BCUT2D eigenvalue weighted by atomic mass is 10.1. The number of aliphatic hydroxyl groups is 1. The van der Waals surface area contributed by atoms with Crippen molar-refractivity contribution in [3.8, 4) is 5.75 Å². The Morgan fingerprint density at radius 1 is 1.42 bits per heavy atom. The van der Waals surface area contributed by atoms with E-state index in [4.69, 9.17) is 9.84 Å². The third kappa shape index (κ3) is 3.73. The molecule has 0 saturated heterocycles. The first-order chi connectivity index (χ1) is 11.5. The van der Waals surface area contributed by atoms with Crippen molar-refractivity contribution in [3.63, 3.8) is 0 Å². The van der Waals surface area contributed by atoms with Gasteiger partial charge in [-0.3, -0.25) is 4.79 Å². The van der Waals surface area contributed by atoms with Crippen molar-refractivity contribution >= 4 is 16.8 Å². The van der Waals surface area contributed by atoms with Crippen LogP contribution in [0.1, 0.15) is 49.2 Å². The summed E-state index contributed by atoms with van der Waals surface area (Å²) in [6.07, 6.45) is 2.45. The van der Waals surface area contributed by atoms with E-state index in [0.717, 1.165) is 41.7 Å². The number of aryl methyl sites for hydroxylation is 1. The number of ether oxygens (including phenoxy) is 1. The summed E-state index contributed by atoms with van der Waals surface area (Å²) in [6.45, 7) is 7.11. The second-order valence-electron chi connectivity index (χ2n) is 6.24. The Morgan fingerprint density at radius 3 is 2.79 bits per heavy atom. The number of carbonyl (C=O) groups excluding carboxylic acids is 1. The fraction of sp³-hybridized carbons (Fsp3) is 0.526. The van der Waals surface area contributed by atoms with Gasteiger partial charge in [-0.1, -0.05) is 6.92 Å². The fourth-order valence-electron chi connectivity index (χ4n) is 3.15. The average Bonchev–Trinajstić information content (AvgIpc) is 2.84. The van der Waals surface area contributed by atoms with E-state index in [1.807, 2.05) is 32.0 Å². The van der Waals surface area contributed by atoms with E-state index in [2.05, 4.69) is 16.8 Å². The molecular weight excluding hydrogens is 304 g/mol. The summed E-state index contributed by atoms with van der Waals surface area (Å²) >= 11 is 0. The fourth-order valence-corrected chi connectivity index (χ4v) is 3.15. The molecule has 0 aliphatic carbocycles. The van der Waals surface area contributed by atoms with Crippen molar-refractivity contribution in [2.75, 3.05) is 13.7 Å². The van der Waals surface area contributed by atoms with Gasteiger partial charge >= 0.3 is 0 Å². The van der Waals surface area contributed by atoms with Crippen molar-refractivity contribution < 1.29 is 14.6 Å². The van der Waals surface area contributed by atoms with Crippen LogP contribution < -0.4 is 10.1 Å². The first-order valence-electron chi connectivity index (χ1n) is 8.62. The zero-order chi connectivity index (χ0) is 17.7. The summed E-state index contributed by atoms with van der Waals surface area (Å²) in [4.78, 5) is 12.8. The van der Waals surface area contributed by atoms with Crippen molar-refractivity contribution in [2.45, 2.75) is 52.6 Å². The van der Waals surface area contributed by atoms with Crippen LogP contribution in [0.5, 0.6) is 5.75 Å². The molecule has 1 heterocycles. The number of methoxy groups -OCH3 is 1. The lowest BCUT2D eigenvalue weighted by molar-refractivity contribution is 0.0937. The Bertz CT molecular complexity index is 706. The molecule has 1 amide bonds. The maximum absolute atomic E-state index is 12.8. The van der Waals surface area contributed by atoms with E-state index in [9.17, 15) is 4.79 Å². The highest BCUT2D eigenvalue weighted by molar-refractivity contribution is 6.08. The largest absolute Gasteiger partial charge is 0.497 e. The van der Waals surface area contributed by atoms with E-state index >= 15 is 0 Å². The summed E-state index contributed by atoms with van der Waals surface area (Å²) in [5, 5.41) is 12.9. The third-order valence-corrected chi connectivity index (χ3v) is 4.38. The van der Waals surface area contributed by atoms with Gasteiger partial charge in [0.2, 0.25) is 0 Å². The molecule has 0 fully saturated rings. The number of hydrogen-bond acceptors (Lipinski definition) is 3. The van der Waals surface area contributed by atoms with Crippen molar-refractivity contribution in [1.29, 1.82) is 0 Å². The monoisotopic (exact) mass is 332 g/mol. The predicted molar refractivity (Wildman–Crippen MR) is 96.8 cm³/mol. The van der Waals surface area contributed by atoms with Crippen molar-refractivity contribution in [2.24, 2.45) is 0 Å². The first-order valence-corrected chi connectivity index (χ1v) is 8.62. The maximum Gasteiger partial charge on any atom is 0.253 e. The van der Waals surface area contributed by atoms with Crippen LogP contribution in [0.3, 0.4) is 0 Å². The van der Waals surface area contributed by atoms with E-state index in [-0.39, 0.29) is 18.6 Å². The number of carbonyl (C=O) groups is 1. The summed E-state index contributed by atoms with van der Waals surface area (Å²) in [5.74, 6) is 0.685. The molecule has 24 heavy (non-hydrogen) atoms. The summed E-state index contributed by atoms with van der Waals surface area (Å²) < 4.78 is 7.53. The van der Waals surface area contributed by atoms with Gasteiger partial charge in [0.05, 0.1) is 12.7 Å². The molecule has 0 spiro atoms. The molecule has 2 aromatic rings. The first kappa shape index (κ1) is 18.3. The van der Waals surface area contributed by atoms with Gasteiger partial charge in [0.1, 0.15) is 5.75 Å². The van der Waals surface area contributed by atoms with E-state index in [1.54, 1.807) is 7.11 Å². The molecule has 2 N–H and O–H groups in total. The highest BCUT2D eigenvalue weighted by Gasteiger charge is 2.21. The lowest BCUT2D eigenvalue weighted by Gasteiger charge is -2.13. The van der Waals surface area contributed by atoms with Crippen LogP contribution >= 0.6 is 0 Å². The minimum Gasteiger partial charge on any atom is -0.497 e.